The van der Waals surface area contributed by atoms with Crippen molar-refractivity contribution in [3.05, 3.63) is 24.5 Å². The van der Waals surface area contributed by atoms with E-state index in [2.05, 4.69) is 19.9 Å². The minimum Gasteiger partial charge on any atom is -0.384 e. The topological polar surface area (TPSA) is 136 Å². The highest BCUT2D eigenvalue weighted by Crippen LogP contribution is 2.28. The summed E-state index contributed by atoms with van der Waals surface area (Å²) in [6.07, 6.45) is 4.78. The van der Waals surface area contributed by atoms with Crippen LogP contribution in [0.2, 0.25) is 0 Å². The molecule has 0 aromatic carbocycles. The standard InChI is InChI=1S/C21H29N9O3S/c1-34(31,32)29-7-4-27(5-8-29)6-9-30-20-17(15-24-30)19(16-2-3-18(22)23-14-16)25-21(26-20)28-10-12-33-13-11-28/h2-3,14-15H,4-13H2,1H3,(H2,22,23). The molecule has 2 aliphatic heterocycles. The average Bonchev–Trinajstić information content (AvgIpc) is 3.26. The molecule has 182 valence electrons. The molecule has 3 aromatic heterocycles. The number of hydrogen-bond donors (Lipinski definition) is 1. The summed E-state index contributed by atoms with van der Waals surface area (Å²) in [4.78, 5) is 18.4. The molecule has 2 aliphatic rings. The second-order valence-electron chi connectivity index (χ2n) is 8.55. The zero-order valence-corrected chi connectivity index (χ0v) is 20.0. The van der Waals surface area contributed by atoms with Crippen LogP contribution < -0.4 is 10.6 Å². The summed E-state index contributed by atoms with van der Waals surface area (Å²) in [5, 5.41) is 5.47. The number of nitrogen functional groups attached to an aromatic ring is 1. The maximum absolute atomic E-state index is 11.8. The third-order valence-corrected chi connectivity index (χ3v) is 7.57. The second kappa shape index (κ2) is 9.41. The average molecular weight is 488 g/mol. The van der Waals surface area contributed by atoms with E-state index in [-0.39, 0.29) is 0 Å². The number of piperazine rings is 1. The van der Waals surface area contributed by atoms with Crippen LogP contribution in [0.25, 0.3) is 22.3 Å². The Hall–Kier alpha value is -2.87. The SMILES string of the molecule is CS(=O)(=O)N1CCN(CCn2ncc3c(-c4ccc(N)nc4)nc(N4CCOCC4)nc32)CC1. The Labute approximate surface area is 198 Å². The van der Waals surface area contributed by atoms with Crippen LogP contribution >= 0.6 is 0 Å². The first-order chi connectivity index (χ1) is 16.4. The van der Waals surface area contributed by atoms with Gasteiger partial charge in [-0.1, -0.05) is 0 Å². The van der Waals surface area contributed by atoms with Crippen LogP contribution in [0.5, 0.6) is 0 Å². The van der Waals surface area contributed by atoms with E-state index >= 15 is 0 Å². The lowest BCUT2D eigenvalue weighted by molar-refractivity contribution is 0.122. The smallest absolute Gasteiger partial charge is 0.228 e. The van der Waals surface area contributed by atoms with Crippen molar-refractivity contribution < 1.29 is 13.2 Å². The molecule has 13 heteroatoms. The molecule has 12 nitrogen and oxygen atoms in total. The fraction of sp³-hybridized carbons (Fsp3) is 0.524. The van der Waals surface area contributed by atoms with Gasteiger partial charge >= 0.3 is 0 Å². The third kappa shape index (κ3) is 4.82. The lowest BCUT2D eigenvalue weighted by Gasteiger charge is -2.33. The number of nitrogens with zero attached hydrogens (tertiary/aromatic N) is 8. The van der Waals surface area contributed by atoms with E-state index in [9.17, 15) is 8.42 Å². The minimum atomic E-state index is -3.14. The fourth-order valence-electron chi connectivity index (χ4n) is 4.30. The van der Waals surface area contributed by atoms with Gasteiger partial charge in [0.15, 0.2) is 5.65 Å². The van der Waals surface area contributed by atoms with Gasteiger partial charge in [-0.15, -0.1) is 0 Å². The van der Waals surface area contributed by atoms with Gasteiger partial charge in [-0.25, -0.2) is 23.1 Å². The van der Waals surface area contributed by atoms with Crippen molar-refractivity contribution in [2.45, 2.75) is 6.54 Å². The monoisotopic (exact) mass is 487 g/mol. The molecular weight excluding hydrogens is 458 g/mol. The van der Waals surface area contributed by atoms with Crippen molar-refractivity contribution in [3.8, 4) is 11.3 Å². The molecule has 2 saturated heterocycles. The number of sulfonamides is 1. The van der Waals surface area contributed by atoms with Gasteiger partial charge in [-0.2, -0.15) is 14.4 Å². The number of rotatable bonds is 6. The first-order valence-electron chi connectivity index (χ1n) is 11.3. The molecule has 2 N–H and O–H groups in total. The summed E-state index contributed by atoms with van der Waals surface area (Å²) in [5.41, 5.74) is 8.17. The van der Waals surface area contributed by atoms with E-state index in [0.29, 0.717) is 57.7 Å². The van der Waals surface area contributed by atoms with Crippen molar-refractivity contribution in [2.24, 2.45) is 0 Å². The number of pyridine rings is 1. The summed E-state index contributed by atoms with van der Waals surface area (Å²) >= 11 is 0. The number of morpholine rings is 1. The molecule has 0 aliphatic carbocycles. The highest BCUT2D eigenvalue weighted by Gasteiger charge is 2.24. The molecule has 0 atom stereocenters. The van der Waals surface area contributed by atoms with E-state index in [1.165, 1.54) is 10.6 Å². The van der Waals surface area contributed by atoms with Gasteiger partial charge in [-0.05, 0) is 12.1 Å². The fourth-order valence-corrected chi connectivity index (χ4v) is 5.13. The van der Waals surface area contributed by atoms with E-state index in [1.54, 1.807) is 18.5 Å². The summed E-state index contributed by atoms with van der Waals surface area (Å²) in [6.45, 7) is 6.54. The number of hydrogen-bond acceptors (Lipinski definition) is 10. The van der Waals surface area contributed by atoms with Crippen molar-refractivity contribution in [3.63, 3.8) is 0 Å². The first kappa shape index (κ1) is 22.9. The summed E-state index contributed by atoms with van der Waals surface area (Å²) in [7, 11) is -3.14. The van der Waals surface area contributed by atoms with E-state index in [0.717, 1.165) is 41.9 Å². The van der Waals surface area contributed by atoms with Crippen LogP contribution in [0.3, 0.4) is 0 Å². The zero-order chi connectivity index (χ0) is 23.7. The van der Waals surface area contributed by atoms with Gasteiger partial charge < -0.3 is 15.4 Å². The molecule has 0 amide bonds. The number of anilines is 2. The molecule has 0 unspecified atom stereocenters. The van der Waals surface area contributed by atoms with Crippen molar-refractivity contribution in [1.29, 1.82) is 0 Å². The maximum atomic E-state index is 11.8. The summed E-state index contributed by atoms with van der Waals surface area (Å²) in [6, 6.07) is 3.67. The molecule has 0 spiro atoms. The van der Waals surface area contributed by atoms with Gasteiger partial charge in [0.1, 0.15) is 5.82 Å². The highest BCUT2D eigenvalue weighted by molar-refractivity contribution is 7.88. The van der Waals surface area contributed by atoms with E-state index in [1.807, 2.05) is 10.7 Å². The molecule has 5 heterocycles. The van der Waals surface area contributed by atoms with Crippen molar-refractivity contribution in [1.82, 2.24) is 33.9 Å². The van der Waals surface area contributed by atoms with Crippen LogP contribution in [0.15, 0.2) is 24.5 Å². The third-order valence-electron chi connectivity index (χ3n) is 6.27. The predicted molar refractivity (Wildman–Crippen MR) is 129 cm³/mol. The number of fused-ring (bicyclic) bond motifs is 1. The second-order valence-corrected chi connectivity index (χ2v) is 10.5. The number of ether oxygens (including phenoxy) is 1. The molecule has 2 fully saturated rings. The lowest BCUT2D eigenvalue weighted by atomic mass is 10.1. The van der Waals surface area contributed by atoms with E-state index in [4.69, 9.17) is 20.4 Å². The Morgan fingerprint density at radius 2 is 1.76 bits per heavy atom. The van der Waals surface area contributed by atoms with Gasteiger partial charge in [0.2, 0.25) is 16.0 Å². The maximum Gasteiger partial charge on any atom is 0.228 e. The Morgan fingerprint density at radius 3 is 2.44 bits per heavy atom. The van der Waals surface area contributed by atoms with Crippen molar-refractivity contribution >= 4 is 32.8 Å². The Morgan fingerprint density at radius 1 is 1.00 bits per heavy atom. The van der Waals surface area contributed by atoms with Gasteiger partial charge in [0, 0.05) is 57.6 Å². The van der Waals surface area contributed by atoms with E-state index < -0.39 is 10.0 Å². The van der Waals surface area contributed by atoms with Crippen LogP contribution in [0, 0.1) is 0 Å². The Bertz CT molecular complexity index is 1250. The Kier molecular flexibility index (Phi) is 6.34. The van der Waals surface area contributed by atoms with Crippen LogP contribution in [-0.4, -0.2) is 108 Å². The molecule has 0 bridgehead atoms. The highest BCUT2D eigenvalue weighted by atomic mass is 32.2. The van der Waals surface area contributed by atoms with Gasteiger partial charge in [-0.3, -0.25) is 4.90 Å². The summed E-state index contributed by atoms with van der Waals surface area (Å²) in [5.74, 6) is 1.10. The normalized spacial score (nSPS) is 18.6. The minimum absolute atomic E-state index is 0.453. The largest absolute Gasteiger partial charge is 0.384 e. The number of nitrogens with two attached hydrogens (primary N) is 1. The van der Waals surface area contributed by atoms with Crippen LogP contribution in [0.1, 0.15) is 0 Å². The van der Waals surface area contributed by atoms with Crippen molar-refractivity contribution in [2.75, 3.05) is 75.9 Å². The zero-order valence-electron chi connectivity index (χ0n) is 19.2. The predicted octanol–water partition coefficient (Wildman–Crippen LogP) is -0.116. The van der Waals surface area contributed by atoms with Crippen LogP contribution in [-0.2, 0) is 21.3 Å². The van der Waals surface area contributed by atoms with Crippen LogP contribution in [0.4, 0.5) is 11.8 Å². The molecule has 0 saturated carbocycles. The van der Waals surface area contributed by atoms with Gasteiger partial charge in [0.05, 0.1) is 43.3 Å². The Balaban J connectivity index is 1.41. The summed E-state index contributed by atoms with van der Waals surface area (Å²) < 4.78 is 32.5. The lowest BCUT2D eigenvalue weighted by Crippen LogP contribution is -2.48. The quantitative estimate of drug-likeness (QED) is 0.501. The molecule has 34 heavy (non-hydrogen) atoms. The molecule has 5 rings (SSSR count). The molecule has 0 radical (unpaired) electrons. The van der Waals surface area contributed by atoms with Gasteiger partial charge in [0.25, 0.3) is 0 Å². The number of aromatic nitrogens is 5. The molecular formula is C21H29N9O3S. The first-order valence-corrected chi connectivity index (χ1v) is 13.2. The molecule has 3 aromatic rings.